The smallest absolute Gasteiger partial charge is 0.164 e. The van der Waals surface area contributed by atoms with E-state index in [2.05, 4.69) is 46.1 Å². The van der Waals surface area contributed by atoms with Crippen LogP contribution >= 0.6 is 11.6 Å². The number of fused-ring (bicyclic) bond motifs is 1. The number of hydrogen-bond donors (Lipinski definition) is 2. The quantitative estimate of drug-likeness (QED) is 0.411. The van der Waals surface area contributed by atoms with Gasteiger partial charge in [-0.1, -0.05) is 29.8 Å². The summed E-state index contributed by atoms with van der Waals surface area (Å²) in [6.07, 6.45) is 6.23. The third kappa shape index (κ3) is 4.89. The largest absolute Gasteiger partial charge is 0.494 e. The first kappa shape index (κ1) is 27.1. The molecule has 1 fully saturated rings. The number of nitrogens with zero attached hydrogens (tertiary/aromatic N) is 6. The van der Waals surface area contributed by atoms with Gasteiger partial charge in [-0.3, -0.25) is 0 Å². The van der Waals surface area contributed by atoms with Crippen molar-refractivity contribution in [3.8, 4) is 11.8 Å². The summed E-state index contributed by atoms with van der Waals surface area (Å²) in [6.45, 7) is 8.77. The van der Waals surface area contributed by atoms with E-state index in [1.807, 2.05) is 36.7 Å². The van der Waals surface area contributed by atoms with E-state index in [-0.39, 0.29) is 18.6 Å². The lowest BCUT2D eigenvalue weighted by molar-refractivity contribution is -0.000940. The number of nitrogens with two attached hydrogens (primary N) is 1. The van der Waals surface area contributed by atoms with E-state index in [9.17, 15) is 10.4 Å². The van der Waals surface area contributed by atoms with E-state index >= 15 is 0 Å². The number of halogens is 1. The lowest BCUT2D eigenvalue weighted by Crippen LogP contribution is -2.58. The number of aliphatic hydroxyl groups is 1. The lowest BCUT2D eigenvalue weighted by atomic mass is 9.58. The molecule has 1 aliphatic heterocycles. The van der Waals surface area contributed by atoms with Crippen LogP contribution in [0, 0.1) is 35.5 Å². The molecule has 2 aromatic heterocycles. The maximum absolute atomic E-state index is 10.4. The minimum atomic E-state index is -0.563. The van der Waals surface area contributed by atoms with Gasteiger partial charge in [0, 0.05) is 30.1 Å². The Morgan fingerprint density at radius 3 is 2.85 bits per heavy atom. The Kier molecular flexibility index (Phi) is 7.63. The molecule has 1 aliphatic carbocycles. The van der Waals surface area contributed by atoms with Gasteiger partial charge < -0.3 is 20.5 Å². The van der Waals surface area contributed by atoms with E-state index in [4.69, 9.17) is 27.2 Å². The molecule has 3 atom stereocenters. The van der Waals surface area contributed by atoms with Gasteiger partial charge in [0.15, 0.2) is 5.65 Å². The lowest BCUT2D eigenvalue weighted by Gasteiger charge is -2.53. The fourth-order valence-corrected chi connectivity index (χ4v) is 6.47. The van der Waals surface area contributed by atoms with Crippen molar-refractivity contribution in [1.82, 2.24) is 24.6 Å². The number of nitriles is 1. The Morgan fingerprint density at radius 1 is 1.33 bits per heavy atom. The standard InChI is InChI=1S/C29H34ClN7O2/c1-4-39-23-7-5-6-20(10-23)12-29(22-15-36(16-22)8-9-38)13-21(11-25(30)24(29)14-31)19(3)37-28-26(18(2)35-37)27(32)33-17-34-28/h5-7,10-11,13,17,19,22,24,38H,4,8-9,12,15-16H2,1-3H3,(H2,32,33,34). The van der Waals surface area contributed by atoms with Crippen LogP contribution in [-0.4, -0.2) is 62.6 Å². The monoisotopic (exact) mass is 547 g/mol. The number of aromatic nitrogens is 4. The van der Waals surface area contributed by atoms with Crippen LogP contribution in [0.5, 0.6) is 5.75 Å². The normalized spacial score (nSPS) is 22.6. The zero-order valence-electron chi connectivity index (χ0n) is 22.5. The summed E-state index contributed by atoms with van der Waals surface area (Å²) in [7, 11) is 0. The Labute approximate surface area is 233 Å². The molecule has 9 nitrogen and oxygen atoms in total. The molecule has 0 bridgehead atoms. The Morgan fingerprint density at radius 2 is 2.13 bits per heavy atom. The number of rotatable bonds is 9. The van der Waals surface area contributed by atoms with Crippen molar-refractivity contribution >= 4 is 28.5 Å². The number of nitrogen functional groups attached to an aromatic ring is 1. The van der Waals surface area contributed by atoms with Gasteiger partial charge in [0.05, 0.1) is 42.3 Å². The van der Waals surface area contributed by atoms with Crippen LogP contribution < -0.4 is 10.5 Å². The van der Waals surface area contributed by atoms with Gasteiger partial charge in [0.1, 0.15) is 17.9 Å². The van der Waals surface area contributed by atoms with Crippen LogP contribution in [0.15, 0.2) is 53.4 Å². The highest BCUT2D eigenvalue weighted by Gasteiger charge is 2.51. The van der Waals surface area contributed by atoms with Crippen molar-refractivity contribution in [2.24, 2.45) is 17.3 Å². The predicted molar refractivity (Wildman–Crippen MR) is 151 cm³/mol. The second-order valence-corrected chi connectivity index (χ2v) is 10.9. The molecule has 2 aliphatic rings. The van der Waals surface area contributed by atoms with E-state index in [0.717, 1.165) is 41.1 Å². The maximum Gasteiger partial charge on any atom is 0.164 e. The SMILES string of the molecule is CCOc1cccc(CC2(C3CN(CCO)C3)C=C(C(C)n3nc(C)c4c(N)ncnc43)C=C(Cl)C2C#N)c1. The minimum Gasteiger partial charge on any atom is -0.494 e. The van der Waals surface area contributed by atoms with Crippen LogP contribution in [0.25, 0.3) is 11.0 Å². The number of aryl methyl sites for hydroxylation is 1. The number of allylic oxidation sites excluding steroid dienone is 4. The first-order valence-corrected chi connectivity index (χ1v) is 13.7. The van der Waals surface area contributed by atoms with Crippen LogP contribution in [0.2, 0.25) is 0 Å². The molecule has 39 heavy (non-hydrogen) atoms. The van der Waals surface area contributed by atoms with Gasteiger partial charge in [-0.05, 0) is 62.5 Å². The van der Waals surface area contributed by atoms with Gasteiger partial charge in [0.25, 0.3) is 0 Å². The molecule has 3 N–H and O–H groups in total. The molecular formula is C29H34ClN7O2. The van der Waals surface area contributed by atoms with Crippen LogP contribution in [0.3, 0.4) is 0 Å². The highest BCUT2D eigenvalue weighted by atomic mass is 35.5. The first-order valence-electron chi connectivity index (χ1n) is 13.3. The summed E-state index contributed by atoms with van der Waals surface area (Å²) in [5.74, 6) is 0.859. The number of hydrogen-bond acceptors (Lipinski definition) is 8. The van der Waals surface area contributed by atoms with Crippen molar-refractivity contribution in [3.05, 3.63) is 64.6 Å². The van der Waals surface area contributed by atoms with E-state index in [1.165, 1.54) is 6.33 Å². The summed E-state index contributed by atoms with van der Waals surface area (Å²) in [5, 5.41) is 26.0. The molecule has 204 valence electrons. The fraction of sp³-hybridized carbons (Fsp3) is 0.448. The van der Waals surface area contributed by atoms with E-state index in [0.29, 0.717) is 36.1 Å². The predicted octanol–water partition coefficient (Wildman–Crippen LogP) is 4.03. The minimum absolute atomic E-state index is 0.104. The zero-order valence-corrected chi connectivity index (χ0v) is 23.3. The topological polar surface area (TPSA) is 126 Å². The molecule has 3 aromatic rings. The van der Waals surface area contributed by atoms with E-state index < -0.39 is 11.3 Å². The van der Waals surface area contributed by atoms with Gasteiger partial charge in [-0.25, -0.2) is 14.6 Å². The van der Waals surface area contributed by atoms with Crippen molar-refractivity contribution < 1.29 is 9.84 Å². The van der Waals surface area contributed by atoms with E-state index in [1.54, 1.807) is 0 Å². The highest BCUT2D eigenvalue weighted by molar-refractivity contribution is 6.30. The third-order valence-corrected chi connectivity index (χ3v) is 8.41. The maximum atomic E-state index is 10.4. The zero-order chi connectivity index (χ0) is 27.7. The molecule has 0 amide bonds. The summed E-state index contributed by atoms with van der Waals surface area (Å²) < 4.78 is 7.64. The average Bonchev–Trinajstić information content (AvgIpc) is 3.23. The molecule has 0 spiro atoms. The molecule has 0 saturated carbocycles. The number of likely N-dealkylation sites (tertiary alicyclic amines) is 1. The summed E-state index contributed by atoms with van der Waals surface area (Å²) in [5.41, 5.74) is 9.06. The molecule has 3 unspecified atom stereocenters. The Bertz CT molecular complexity index is 1470. The van der Waals surface area contributed by atoms with Crippen molar-refractivity contribution in [3.63, 3.8) is 0 Å². The molecule has 5 rings (SSSR count). The third-order valence-electron chi connectivity index (χ3n) is 8.08. The Hall–Kier alpha value is -3.45. The van der Waals surface area contributed by atoms with Crippen molar-refractivity contribution in [2.45, 2.75) is 33.2 Å². The second kappa shape index (κ2) is 11.0. The van der Waals surface area contributed by atoms with Crippen LogP contribution in [0.1, 0.15) is 31.1 Å². The summed E-state index contributed by atoms with van der Waals surface area (Å²) >= 11 is 6.96. The fourth-order valence-electron chi connectivity index (χ4n) is 6.09. The number of ether oxygens (including phenoxy) is 1. The molecule has 10 heteroatoms. The average molecular weight is 548 g/mol. The number of aliphatic hydroxyl groups excluding tert-OH is 1. The van der Waals surface area contributed by atoms with Crippen molar-refractivity contribution in [2.75, 3.05) is 38.6 Å². The van der Waals surface area contributed by atoms with Gasteiger partial charge >= 0.3 is 0 Å². The molecular weight excluding hydrogens is 514 g/mol. The van der Waals surface area contributed by atoms with Gasteiger partial charge in [-0.15, -0.1) is 0 Å². The first-order chi connectivity index (χ1) is 18.8. The number of benzene rings is 1. The molecule has 3 heterocycles. The molecule has 1 aromatic carbocycles. The second-order valence-electron chi connectivity index (χ2n) is 10.4. The van der Waals surface area contributed by atoms with Gasteiger partial charge in [0.2, 0.25) is 0 Å². The van der Waals surface area contributed by atoms with Crippen LogP contribution in [0.4, 0.5) is 5.82 Å². The summed E-state index contributed by atoms with van der Waals surface area (Å²) in [4.78, 5) is 10.8. The highest BCUT2D eigenvalue weighted by Crippen LogP contribution is 2.52. The van der Waals surface area contributed by atoms with Crippen molar-refractivity contribution in [1.29, 1.82) is 5.26 Å². The van der Waals surface area contributed by atoms with Crippen LogP contribution in [-0.2, 0) is 6.42 Å². The number of anilines is 1. The number of β-amino-alcohol motifs (C(OH)–C–C–N with tert-alkyl or cyclic N) is 1. The molecule has 1 saturated heterocycles. The summed E-state index contributed by atoms with van der Waals surface area (Å²) in [6, 6.07) is 10.4. The molecule has 0 radical (unpaired) electrons. The van der Waals surface area contributed by atoms with Gasteiger partial charge in [-0.2, -0.15) is 10.4 Å². The Balaban J connectivity index is 1.61.